The van der Waals surface area contributed by atoms with Crippen molar-refractivity contribution in [2.24, 2.45) is 0 Å². The first kappa shape index (κ1) is 33.2. The maximum Gasteiger partial charge on any atom is 0.300 e. The van der Waals surface area contributed by atoms with E-state index in [1.807, 2.05) is 84.9 Å². The SMILES string of the molecule is CC(=O)O.CC(=O)O.[Pd].[Pd].[c-]1ccccc1-c1ccccn1.[c-]1ccccc1-c1ccccn1. The zero-order valence-electron chi connectivity index (χ0n) is 18.5. The Kier molecular flexibility index (Phi) is 20.1. The summed E-state index contributed by atoms with van der Waals surface area (Å²) in [5.74, 6) is -1.67. The largest absolute Gasteiger partial charge is 0.481 e. The van der Waals surface area contributed by atoms with Crippen LogP contribution in [0.1, 0.15) is 13.8 Å². The van der Waals surface area contributed by atoms with Gasteiger partial charge >= 0.3 is 0 Å². The van der Waals surface area contributed by atoms with E-state index in [-0.39, 0.29) is 40.8 Å². The van der Waals surface area contributed by atoms with Gasteiger partial charge in [-0.15, -0.1) is 71.8 Å². The van der Waals surface area contributed by atoms with Crippen LogP contribution < -0.4 is 0 Å². The molecule has 0 aliphatic rings. The van der Waals surface area contributed by atoms with Gasteiger partial charge in [-0.3, -0.25) is 9.59 Å². The van der Waals surface area contributed by atoms with Gasteiger partial charge in [0.1, 0.15) is 0 Å². The molecule has 6 nitrogen and oxygen atoms in total. The summed E-state index contributed by atoms with van der Waals surface area (Å²) < 4.78 is 0. The van der Waals surface area contributed by atoms with Crippen LogP contribution >= 0.6 is 0 Å². The number of hydrogen-bond donors (Lipinski definition) is 2. The van der Waals surface area contributed by atoms with Crippen molar-refractivity contribution < 1.29 is 60.6 Å². The van der Waals surface area contributed by atoms with E-state index in [0.717, 1.165) is 36.4 Å². The van der Waals surface area contributed by atoms with E-state index in [1.165, 1.54) is 0 Å². The first-order valence-corrected chi connectivity index (χ1v) is 9.55. The number of nitrogens with zero attached hydrogens (tertiary/aromatic N) is 2. The van der Waals surface area contributed by atoms with Gasteiger partial charge in [0, 0.05) is 67.1 Å². The molecule has 2 aromatic heterocycles. The Morgan fingerprint density at radius 3 is 1.18 bits per heavy atom. The summed E-state index contributed by atoms with van der Waals surface area (Å²) in [5.41, 5.74) is 4.02. The van der Waals surface area contributed by atoms with Crippen LogP contribution in [0.4, 0.5) is 0 Å². The molecule has 0 fully saturated rings. The second-order valence-corrected chi connectivity index (χ2v) is 6.02. The van der Waals surface area contributed by atoms with Crippen LogP contribution in [0.5, 0.6) is 0 Å². The van der Waals surface area contributed by atoms with Crippen LogP contribution in [0.25, 0.3) is 22.5 Å². The van der Waals surface area contributed by atoms with Crippen LogP contribution in [-0.4, -0.2) is 32.1 Å². The molecule has 0 amide bonds. The maximum atomic E-state index is 9.00. The second-order valence-electron chi connectivity index (χ2n) is 6.02. The fourth-order valence-electron chi connectivity index (χ4n) is 2.15. The Hall–Kier alpha value is -3.00. The Labute approximate surface area is 227 Å². The zero-order valence-corrected chi connectivity index (χ0v) is 21.6. The summed E-state index contributed by atoms with van der Waals surface area (Å²) in [5, 5.41) is 14.8. The van der Waals surface area contributed by atoms with Crippen LogP contribution in [0.3, 0.4) is 0 Å². The molecule has 2 heterocycles. The van der Waals surface area contributed by atoms with Crippen molar-refractivity contribution in [3.63, 3.8) is 0 Å². The van der Waals surface area contributed by atoms with Crippen molar-refractivity contribution in [1.29, 1.82) is 0 Å². The third kappa shape index (κ3) is 16.6. The van der Waals surface area contributed by atoms with Gasteiger partial charge in [0.05, 0.1) is 0 Å². The third-order valence-electron chi connectivity index (χ3n) is 3.30. The number of rotatable bonds is 2. The standard InChI is InChI=1S/2C11H8N.2C2H4O2.2Pd/c2*1-2-6-10(7-3-1)11-8-4-5-9-12-11;2*1-2(3)4;;/h2*1-6,8-9H;2*1H3,(H,3,4);;/q2*-1;;;;. The Morgan fingerprint density at radius 2 is 0.941 bits per heavy atom. The number of carboxylic acids is 2. The monoisotopic (exact) mass is 640 g/mol. The van der Waals surface area contributed by atoms with Crippen molar-refractivity contribution >= 4 is 11.9 Å². The molecule has 4 aromatic rings. The molecule has 0 saturated heterocycles. The predicted octanol–water partition coefficient (Wildman–Crippen LogP) is 5.27. The first-order chi connectivity index (χ1) is 15.4. The zero-order chi connectivity index (χ0) is 23.6. The summed E-state index contributed by atoms with van der Waals surface area (Å²) in [6, 6.07) is 33.6. The molecule has 0 saturated carbocycles. The molecule has 0 atom stereocenters. The normalized spacial score (nSPS) is 8.29. The van der Waals surface area contributed by atoms with Gasteiger partial charge in [-0.25, -0.2) is 0 Å². The molecule has 8 heteroatoms. The van der Waals surface area contributed by atoms with E-state index in [4.69, 9.17) is 19.8 Å². The molecule has 2 N–H and O–H groups in total. The van der Waals surface area contributed by atoms with Gasteiger partial charge in [-0.05, 0) is 23.5 Å². The molecule has 0 spiro atoms. The maximum absolute atomic E-state index is 9.00. The Bertz CT molecular complexity index is 867. The topological polar surface area (TPSA) is 100 Å². The minimum atomic E-state index is -0.833. The van der Waals surface area contributed by atoms with Crippen molar-refractivity contribution in [1.82, 2.24) is 9.97 Å². The number of hydrogen-bond acceptors (Lipinski definition) is 4. The number of aliphatic carboxylic acids is 2. The summed E-state index contributed by atoms with van der Waals surface area (Å²) in [4.78, 5) is 26.4. The summed E-state index contributed by atoms with van der Waals surface area (Å²) >= 11 is 0. The van der Waals surface area contributed by atoms with Gasteiger partial charge in [0.15, 0.2) is 0 Å². The van der Waals surface area contributed by atoms with Crippen LogP contribution in [0.15, 0.2) is 97.3 Å². The summed E-state index contributed by atoms with van der Waals surface area (Å²) in [7, 11) is 0. The summed E-state index contributed by atoms with van der Waals surface area (Å²) in [6.45, 7) is 2.17. The van der Waals surface area contributed by atoms with E-state index < -0.39 is 11.9 Å². The molecule has 4 rings (SSSR count). The molecular weight excluding hydrogens is 617 g/mol. The molecule has 0 unspecified atom stereocenters. The minimum Gasteiger partial charge on any atom is -0.481 e. The average molecular weight is 641 g/mol. The quantitative estimate of drug-likeness (QED) is 0.229. The van der Waals surface area contributed by atoms with Crippen molar-refractivity contribution in [2.45, 2.75) is 13.8 Å². The molecule has 0 aliphatic carbocycles. The van der Waals surface area contributed by atoms with Crippen molar-refractivity contribution in [2.75, 3.05) is 0 Å². The number of aromatic nitrogens is 2. The number of benzene rings is 2. The van der Waals surface area contributed by atoms with Gasteiger partial charge in [0.2, 0.25) is 0 Å². The molecule has 34 heavy (non-hydrogen) atoms. The predicted molar refractivity (Wildman–Crippen MR) is 124 cm³/mol. The molecule has 0 radical (unpaired) electrons. The molecule has 0 bridgehead atoms. The van der Waals surface area contributed by atoms with Crippen LogP contribution in [0, 0.1) is 12.1 Å². The van der Waals surface area contributed by atoms with Gasteiger partial charge in [-0.2, -0.15) is 0 Å². The molecule has 184 valence electrons. The Balaban J connectivity index is 0. The van der Waals surface area contributed by atoms with E-state index in [1.54, 1.807) is 12.4 Å². The molecule has 0 aliphatic heterocycles. The third-order valence-corrected chi connectivity index (χ3v) is 3.30. The number of carboxylic acid groups (broad SMARTS) is 2. The summed E-state index contributed by atoms with van der Waals surface area (Å²) in [6.07, 6.45) is 3.58. The van der Waals surface area contributed by atoms with E-state index in [9.17, 15) is 0 Å². The molecular formula is C26H24N2O4Pd2-2. The smallest absolute Gasteiger partial charge is 0.300 e. The Morgan fingerprint density at radius 1 is 0.618 bits per heavy atom. The van der Waals surface area contributed by atoms with E-state index >= 15 is 0 Å². The van der Waals surface area contributed by atoms with Gasteiger partial charge < -0.3 is 20.2 Å². The van der Waals surface area contributed by atoms with Crippen LogP contribution in [0.2, 0.25) is 0 Å². The van der Waals surface area contributed by atoms with Crippen LogP contribution in [-0.2, 0) is 50.4 Å². The first-order valence-electron chi connectivity index (χ1n) is 9.55. The van der Waals surface area contributed by atoms with E-state index in [0.29, 0.717) is 0 Å². The fourth-order valence-corrected chi connectivity index (χ4v) is 2.15. The second kappa shape index (κ2) is 20.6. The molecule has 2 aromatic carbocycles. The van der Waals surface area contributed by atoms with Gasteiger partial charge in [0.25, 0.3) is 11.9 Å². The fraction of sp³-hybridized carbons (Fsp3) is 0.0769. The average Bonchev–Trinajstić information content (AvgIpc) is 2.81. The minimum absolute atomic E-state index is 0. The van der Waals surface area contributed by atoms with Crippen molar-refractivity contribution in [3.8, 4) is 22.5 Å². The van der Waals surface area contributed by atoms with Gasteiger partial charge in [-0.1, -0.05) is 24.3 Å². The number of pyridine rings is 2. The number of carbonyl (C=O) groups is 2. The van der Waals surface area contributed by atoms with E-state index in [2.05, 4.69) is 22.1 Å². The van der Waals surface area contributed by atoms with Crippen molar-refractivity contribution in [3.05, 3.63) is 109 Å².